The number of nitrogens with zero attached hydrogens (tertiary/aromatic N) is 2. The molecule has 0 saturated heterocycles. The van der Waals surface area contributed by atoms with Crippen LogP contribution < -0.4 is 11.1 Å². The van der Waals surface area contributed by atoms with E-state index in [0.717, 1.165) is 0 Å². The third-order valence-electron chi connectivity index (χ3n) is 2.90. The summed E-state index contributed by atoms with van der Waals surface area (Å²) in [7, 11) is 1.31. The Morgan fingerprint density at radius 1 is 1.32 bits per heavy atom. The molecule has 2 heterocycles. The summed E-state index contributed by atoms with van der Waals surface area (Å²) < 4.78 is 17.6. The lowest BCUT2D eigenvalue weighted by Gasteiger charge is -2.07. The summed E-state index contributed by atoms with van der Waals surface area (Å²) in [5, 5.41) is 3.68. The molecule has 0 aliphatic heterocycles. The van der Waals surface area contributed by atoms with Crippen LogP contribution in [0.5, 0.6) is 0 Å². The van der Waals surface area contributed by atoms with Crippen LogP contribution in [0, 0.1) is 5.82 Å². The standard InChI is InChI=1S/C14H11FN4O2S/c1-21-13(20)10-6-9-11(18-14(16)19-12(9)22-10)17-8-4-2-7(15)3-5-8/h2-6H,1H3,(H3,16,17,18,19). The molecule has 3 rings (SSSR count). The smallest absolute Gasteiger partial charge is 0.348 e. The number of rotatable bonds is 3. The summed E-state index contributed by atoms with van der Waals surface area (Å²) in [6.07, 6.45) is 0. The van der Waals surface area contributed by atoms with Gasteiger partial charge < -0.3 is 15.8 Å². The van der Waals surface area contributed by atoms with Crippen LogP contribution in [0.4, 0.5) is 21.8 Å². The molecule has 0 saturated carbocycles. The number of esters is 1. The van der Waals surface area contributed by atoms with E-state index in [1.807, 2.05) is 0 Å². The maximum atomic E-state index is 13.0. The molecule has 1 aromatic carbocycles. The first-order valence-electron chi connectivity index (χ1n) is 6.25. The van der Waals surface area contributed by atoms with Crippen LogP contribution in [0.3, 0.4) is 0 Å². The van der Waals surface area contributed by atoms with Crippen LogP contribution in [0.15, 0.2) is 30.3 Å². The van der Waals surface area contributed by atoms with E-state index in [1.54, 1.807) is 18.2 Å². The molecule has 0 aliphatic carbocycles. The van der Waals surface area contributed by atoms with E-state index in [2.05, 4.69) is 15.3 Å². The fourth-order valence-electron chi connectivity index (χ4n) is 1.90. The van der Waals surface area contributed by atoms with Crippen molar-refractivity contribution in [2.45, 2.75) is 0 Å². The fraction of sp³-hybridized carbons (Fsp3) is 0.0714. The molecule has 3 N–H and O–H groups in total. The number of carbonyl (C=O) groups is 1. The van der Waals surface area contributed by atoms with Crippen molar-refractivity contribution in [1.82, 2.24) is 9.97 Å². The van der Waals surface area contributed by atoms with Gasteiger partial charge in [-0.15, -0.1) is 11.3 Å². The van der Waals surface area contributed by atoms with Crippen LogP contribution in [0.2, 0.25) is 0 Å². The summed E-state index contributed by atoms with van der Waals surface area (Å²) in [6.45, 7) is 0. The number of nitrogen functional groups attached to an aromatic ring is 1. The molecule has 0 fully saturated rings. The Labute approximate surface area is 128 Å². The Balaban J connectivity index is 2.05. The first kappa shape index (κ1) is 14.2. The van der Waals surface area contributed by atoms with Crippen molar-refractivity contribution in [3.05, 3.63) is 41.0 Å². The molecule has 0 bridgehead atoms. The monoisotopic (exact) mass is 318 g/mol. The van der Waals surface area contributed by atoms with E-state index in [0.29, 0.717) is 26.6 Å². The van der Waals surface area contributed by atoms with Crippen molar-refractivity contribution < 1.29 is 13.9 Å². The summed E-state index contributed by atoms with van der Waals surface area (Å²) in [6, 6.07) is 7.45. The van der Waals surface area contributed by atoms with Crippen molar-refractivity contribution in [1.29, 1.82) is 0 Å². The molecule has 22 heavy (non-hydrogen) atoms. The van der Waals surface area contributed by atoms with Gasteiger partial charge in [0.2, 0.25) is 5.95 Å². The largest absolute Gasteiger partial charge is 0.465 e. The maximum Gasteiger partial charge on any atom is 0.348 e. The van der Waals surface area contributed by atoms with Gasteiger partial charge in [-0.3, -0.25) is 0 Å². The van der Waals surface area contributed by atoms with Crippen LogP contribution in [-0.4, -0.2) is 23.0 Å². The number of thiophene rings is 1. The minimum Gasteiger partial charge on any atom is -0.465 e. The molecule has 8 heteroatoms. The van der Waals surface area contributed by atoms with Gasteiger partial charge >= 0.3 is 5.97 Å². The lowest BCUT2D eigenvalue weighted by molar-refractivity contribution is 0.0606. The number of halogens is 1. The minimum absolute atomic E-state index is 0.0791. The zero-order chi connectivity index (χ0) is 15.7. The lowest BCUT2D eigenvalue weighted by Crippen LogP contribution is -2.00. The second-order valence-electron chi connectivity index (χ2n) is 4.38. The van der Waals surface area contributed by atoms with Gasteiger partial charge in [0.05, 0.1) is 12.5 Å². The molecule has 0 amide bonds. The number of fused-ring (bicyclic) bond motifs is 1. The van der Waals surface area contributed by atoms with Gasteiger partial charge in [-0.2, -0.15) is 4.98 Å². The predicted molar refractivity (Wildman–Crippen MR) is 82.8 cm³/mol. The number of nitrogens with two attached hydrogens (primary N) is 1. The molecule has 0 unspecified atom stereocenters. The van der Waals surface area contributed by atoms with Crippen molar-refractivity contribution in [2.24, 2.45) is 0 Å². The molecule has 0 aliphatic rings. The van der Waals surface area contributed by atoms with Crippen LogP contribution in [0.1, 0.15) is 9.67 Å². The Bertz CT molecular complexity index is 848. The Hall–Kier alpha value is -2.74. The molecule has 0 radical (unpaired) electrons. The second-order valence-corrected chi connectivity index (χ2v) is 5.41. The molecular formula is C14H11FN4O2S. The van der Waals surface area contributed by atoms with Gasteiger partial charge in [-0.25, -0.2) is 14.2 Å². The molecule has 112 valence electrons. The van der Waals surface area contributed by atoms with E-state index in [-0.39, 0.29) is 11.8 Å². The number of ether oxygens (including phenoxy) is 1. The zero-order valence-electron chi connectivity index (χ0n) is 11.5. The first-order chi connectivity index (χ1) is 10.6. The number of hydrogen-bond acceptors (Lipinski definition) is 7. The van der Waals surface area contributed by atoms with Crippen LogP contribution in [0.25, 0.3) is 10.2 Å². The lowest BCUT2D eigenvalue weighted by atomic mass is 10.3. The summed E-state index contributed by atoms with van der Waals surface area (Å²) in [5.41, 5.74) is 6.33. The SMILES string of the molecule is COC(=O)c1cc2c(Nc3ccc(F)cc3)nc(N)nc2s1. The highest BCUT2D eigenvalue weighted by Gasteiger charge is 2.15. The number of methoxy groups -OCH3 is 1. The van der Waals surface area contributed by atoms with Crippen molar-refractivity contribution in [3.63, 3.8) is 0 Å². The number of benzene rings is 1. The molecule has 0 spiro atoms. The molecule has 6 nitrogen and oxygen atoms in total. The first-order valence-corrected chi connectivity index (χ1v) is 7.06. The molecule has 0 atom stereocenters. The van der Waals surface area contributed by atoms with Crippen LogP contribution in [-0.2, 0) is 4.74 Å². The Morgan fingerprint density at radius 3 is 2.73 bits per heavy atom. The molecule has 3 aromatic rings. The average Bonchev–Trinajstić information content (AvgIpc) is 2.92. The highest BCUT2D eigenvalue weighted by molar-refractivity contribution is 7.20. The third-order valence-corrected chi connectivity index (χ3v) is 3.91. The van der Waals surface area contributed by atoms with Gasteiger partial charge in [0.1, 0.15) is 21.3 Å². The van der Waals surface area contributed by atoms with Crippen molar-refractivity contribution >= 4 is 45.0 Å². The number of carbonyl (C=O) groups excluding carboxylic acids is 1. The number of anilines is 3. The van der Waals surface area contributed by atoms with Gasteiger partial charge in [0.25, 0.3) is 0 Å². The van der Waals surface area contributed by atoms with E-state index < -0.39 is 5.97 Å². The van der Waals surface area contributed by atoms with E-state index >= 15 is 0 Å². The zero-order valence-corrected chi connectivity index (χ0v) is 12.3. The van der Waals surface area contributed by atoms with Gasteiger partial charge in [-0.1, -0.05) is 0 Å². The van der Waals surface area contributed by atoms with Crippen molar-refractivity contribution in [3.8, 4) is 0 Å². The maximum absolute atomic E-state index is 13.0. The third kappa shape index (κ3) is 2.68. The number of hydrogen-bond donors (Lipinski definition) is 2. The van der Waals surface area contributed by atoms with Gasteiger partial charge in [0.15, 0.2) is 0 Å². The minimum atomic E-state index is -0.450. The van der Waals surface area contributed by atoms with E-state index in [9.17, 15) is 9.18 Å². The molecule has 2 aromatic heterocycles. The second kappa shape index (κ2) is 5.57. The van der Waals surface area contributed by atoms with E-state index in [4.69, 9.17) is 10.5 Å². The molecular weight excluding hydrogens is 307 g/mol. The van der Waals surface area contributed by atoms with E-state index in [1.165, 1.54) is 30.6 Å². The highest BCUT2D eigenvalue weighted by Crippen LogP contribution is 2.31. The van der Waals surface area contributed by atoms with Crippen molar-refractivity contribution in [2.75, 3.05) is 18.2 Å². The normalized spacial score (nSPS) is 10.6. The Kier molecular flexibility index (Phi) is 3.60. The summed E-state index contributed by atoms with van der Waals surface area (Å²) >= 11 is 1.17. The number of nitrogens with one attached hydrogen (secondary N) is 1. The summed E-state index contributed by atoms with van der Waals surface area (Å²) in [4.78, 5) is 20.8. The quantitative estimate of drug-likeness (QED) is 0.722. The summed E-state index contributed by atoms with van der Waals surface area (Å²) in [5.74, 6) is -0.258. The Morgan fingerprint density at radius 2 is 2.05 bits per heavy atom. The fourth-order valence-corrected chi connectivity index (χ4v) is 2.86. The van der Waals surface area contributed by atoms with Gasteiger partial charge in [0, 0.05) is 5.69 Å². The van der Waals surface area contributed by atoms with Crippen LogP contribution >= 0.6 is 11.3 Å². The topological polar surface area (TPSA) is 90.1 Å². The van der Waals surface area contributed by atoms with Gasteiger partial charge in [-0.05, 0) is 30.3 Å². The number of aromatic nitrogens is 2. The highest BCUT2D eigenvalue weighted by atomic mass is 32.1. The predicted octanol–water partition coefficient (Wildman–Crippen LogP) is 2.94. The average molecular weight is 318 g/mol.